The van der Waals surface area contributed by atoms with E-state index in [2.05, 4.69) is 77.6 Å². The summed E-state index contributed by atoms with van der Waals surface area (Å²) in [6, 6.07) is 18.4. The van der Waals surface area contributed by atoms with E-state index in [1.165, 1.54) is 29.3 Å². The third-order valence-corrected chi connectivity index (χ3v) is 7.60. The summed E-state index contributed by atoms with van der Waals surface area (Å²) in [5.74, 6) is 1.48. The van der Waals surface area contributed by atoms with Crippen LogP contribution in [0.3, 0.4) is 0 Å². The topological polar surface area (TPSA) is 54.2 Å². The Morgan fingerprint density at radius 1 is 1.07 bits per heavy atom. The van der Waals surface area contributed by atoms with Crippen LogP contribution >= 0.6 is 12.1 Å². The largest absolute Gasteiger partial charge is 0.366 e. The monoisotopic (exact) mass is 555 g/mol. The molecule has 5 rings (SSSR count). The first-order valence-electron chi connectivity index (χ1n) is 13.6. The summed E-state index contributed by atoms with van der Waals surface area (Å²) >= 11 is 0.163. The van der Waals surface area contributed by atoms with E-state index in [9.17, 15) is 3.89 Å². The SMILES string of the molecule is C=CCC1C=CC(C)=C(C)C1.CNCc1ccc(CNc2cc(-c3ccccc3C)nc3c(SF)cnn23)cc1. The van der Waals surface area contributed by atoms with Crippen molar-refractivity contribution in [2.45, 2.75) is 51.6 Å². The summed E-state index contributed by atoms with van der Waals surface area (Å²) in [6.45, 7) is 11.7. The summed E-state index contributed by atoms with van der Waals surface area (Å²) in [6.07, 6.45) is 10.4. The number of allylic oxidation sites excluding steroid dienone is 5. The molecule has 0 fully saturated rings. The minimum Gasteiger partial charge on any atom is -0.366 e. The number of nitrogens with one attached hydrogen (secondary N) is 2. The Morgan fingerprint density at radius 3 is 2.45 bits per heavy atom. The van der Waals surface area contributed by atoms with Crippen LogP contribution in [0.1, 0.15) is 43.4 Å². The lowest BCUT2D eigenvalue weighted by atomic mass is 9.89. The van der Waals surface area contributed by atoms with Crippen molar-refractivity contribution >= 4 is 23.6 Å². The number of benzene rings is 2. The zero-order valence-electron chi connectivity index (χ0n) is 23.7. The molecule has 2 aromatic heterocycles. The minimum atomic E-state index is 0.163. The zero-order valence-corrected chi connectivity index (χ0v) is 24.6. The van der Waals surface area contributed by atoms with E-state index in [-0.39, 0.29) is 12.1 Å². The summed E-state index contributed by atoms with van der Waals surface area (Å²) in [7, 11) is 1.93. The first kappa shape index (κ1) is 29.3. The van der Waals surface area contributed by atoms with E-state index in [1.54, 1.807) is 4.52 Å². The maximum atomic E-state index is 13.4. The van der Waals surface area contributed by atoms with Crippen molar-refractivity contribution in [3.63, 3.8) is 0 Å². The fourth-order valence-electron chi connectivity index (χ4n) is 4.71. The van der Waals surface area contributed by atoms with E-state index < -0.39 is 0 Å². The number of aromatic nitrogens is 3. The van der Waals surface area contributed by atoms with E-state index in [0.29, 0.717) is 23.0 Å². The average molecular weight is 556 g/mol. The van der Waals surface area contributed by atoms with Gasteiger partial charge >= 0.3 is 0 Å². The molecule has 0 saturated heterocycles. The Labute approximate surface area is 241 Å². The van der Waals surface area contributed by atoms with Gasteiger partial charge in [0.25, 0.3) is 0 Å². The molecule has 2 heterocycles. The second-order valence-electron chi connectivity index (χ2n) is 10.2. The van der Waals surface area contributed by atoms with Gasteiger partial charge in [-0.25, -0.2) is 4.98 Å². The first-order chi connectivity index (χ1) is 19.4. The molecule has 1 unspecified atom stereocenters. The van der Waals surface area contributed by atoms with Gasteiger partial charge in [0.05, 0.1) is 24.0 Å². The van der Waals surface area contributed by atoms with Gasteiger partial charge in [-0.3, -0.25) is 0 Å². The molecule has 1 atom stereocenters. The molecule has 0 saturated carbocycles. The van der Waals surface area contributed by atoms with Crippen LogP contribution in [0.5, 0.6) is 0 Å². The molecule has 208 valence electrons. The Morgan fingerprint density at radius 2 is 1.80 bits per heavy atom. The van der Waals surface area contributed by atoms with Gasteiger partial charge in [0.2, 0.25) is 0 Å². The van der Waals surface area contributed by atoms with E-state index in [4.69, 9.17) is 0 Å². The van der Waals surface area contributed by atoms with Gasteiger partial charge in [-0.2, -0.15) is 13.5 Å². The molecule has 0 radical (unpaired) electrons. The number of hydrogen-bond acceptors (Lipinski definition) is 5. The van der Waals surface area contributed by atoms with Gasteiger partial charge in [0, 0.05) is 24.7 Å². The molecule has 2 N–H and O–H groups in total. The van der Waals surface area contributed by atoms with Gasteiger partial charge in [-0.05, 0) is 63.3 Å². The fraction of sp³-hybridized carbons (Fsp3) is 0.273. The number of aryl methyl sites for hydroxylation is 1. The number of anilines is 1. The molecule has 5 nitrogen and oxygen atoms in total. The van der Waals surface area contributed by atoms with Gasteiger partial charge < -0.3 is 10.6 Å². The second-order valence-corrected chi connectivity index (χ2v) is 10.8. The Balaban J connectivity index is 0.000000283. The van der Waals surface area contributed by atoms with Crippen molar-refractivity contribution in [3.8, 4) is 11.3 Å². The highest BCUT2D eigenvalue weighted by Gasteiger charge is 2.14. The minimum absolute atomic E-state index is 0.163. The van der Waals surface area contributed by atoms with Gasteiger partial charge in [-0.15, -0.1) is 6.58 Å². The molecule has 0 spiro atoms. The molecule has 4 aromatic rings. The van der Waals surface area contributed by atoms with Crippen LogP contribution in [0.2, 0.25) is 0 Å². The number of halogens is 1. The highest BCUT2D eigenvalue weighted by Crippen LogP contribution is 2.30. The molecule has 1 aliphatic carbocycles. The molecule has 1 aliphatic rings. The third kappa shape index (κ3) is 7.29. The zero-order chi connectivity index (χ0) is 28.5. The summed E-state index contributed by atoms with van der Waals surface area (Å²) in [5.41, 5.74) is 8.78. The maximum absolute atomic E-state index is 13.4. The van der Waals surface area contributed by atoms with Crippen molar-refractivity contribution in [1.82, 2.24) is 19.9 Å². The van der Waals surface area contributed by atoms with E-state index >= 15 is 0 Å². The lowest BCUT2D eigenvalue weighted by Gasteiger charge is -2.16. The highest BCUT2D eigenvalue weighted by molar-refractivity contribution is 7.94. The van der Waals surface area contributed by atoms with Crippen molar-refractivity contribution in [2.24, 2.45) is 5.92 Å². The number of fused-ring (bicyclic) bond motifs is 1. The molecule has 0 amide bonds. The Bertz CT molecular complexity index is 1500. The molecular weight excluding hydrogens is 517 g/mol. The van der Waals surface area contributed by atoms with Crippen molar-refractivity contribution in [3.05, 3.63) is 113 Å². The summed E-state index contributed by atoms with van der Waals surface area (Å²) in [4.78, 5) is 5.08. The van der Waals surface area contributed by atoms with Gasteiger partial charge in [-0.1, -0.05) is 77.9 Å². The normalized spacial score (nSPS) is 14.7. The van der Waals surface area contributed by atoms with Gasteiger partial charge in [0.1, 0.15) is 10.7 Å². The van der Waals surface area contributed by atoms with Gasteiger partial charge in [0.15, 0.2) is 5.65 Å². The molecule has 7 heteroatoms. The van der Waals surface area contributed by atoms with Crippen molar-refractivity contribution < 1.29 is 3.89 Å². The number of hydrogen-bond donors (Lipinski definition) is 2. The maximum Gasteiger partial charge on any atom is 0.174 e. The molecule has 0 bridgehead atoms. The van der Waals surface area contributed by atoms with Crippen LogP contribution in [0.25, 0.3) is 16.9 Å². The Hall–Kier alpha value is -3.68. The van der Waals surface area contributed by atoms with E-state index in [0.717, 1.165) is 41.2 Å². The van der Waals surface area contributed by atoms with E-state index in [1.807, 2.05) is 50.4 Å². The highest BCUT2D eigenvalue weighted by atomic mass is 32.2. The molecular formula is C33H38FN5S. The molecule has 40 heavy (non-hydrogen) atoms. The third-order valence-electron chi connectivity index (χ3n) is 7.15. The van der Waals surface area contributed by atoms with Crippen LogP contribution in [0, 0.1) is 12.8 Å². The standard InChI is InChI=1S/C22H22FN5S.C11H16/c1-15-5-3-4-6-18(15)19-11-21(28-22(27-19)20(29-23)14-26-28)25-13-17-9-7-16(8-10-17)12-24-2;1-4-5-11-7-6-9(2)10(3)8-11/h3-11,14,24-25H,12-13H2,1-2H3;4,6-7,11H,1,5,8H2,2-3H3. The van der Waals surface area contributed by atoms with Crippen molar-refractivity contribution in [2.75, 3.05) is 12.4 Å². The molecule has 2 aromatic carbocycles. The predicted molar refractivity (Wildman–Crippen MR) is 167 cm³/mol. The number of nitrogens with zero attached hydrogens (tertiary/aromatic N) is 3. The quantitative estimate of drug-likeness (QED) is 0.203. The van der Waals surface area contributed by atoms with Crippen molar-refractivity contribution in [1.29, 1.82) is 0 Å². The van der Waals surface area contributed by atoms with Crippen LogP contribution in [-0.4, -0.2) is 21.6 Å². The lowest BCUT2D eigenvalue weighted by molar-refractivity contribution is 0.642. The number of rotatable bonds is 9. The molecule has 0 aliphatic heterocycles. The summed E-state index contributed by atoms with van der Waals surface area (Å²) < 4.78 is 15.0. The average Bonchev–Trinajstić information content (AvgIpc) is 3.39. The van der Waals surface area contributed by atoms with Crippen LogP contribution in [-0.2, 0) is 13.1 Å². The van der Waals surface area contributed by atoms with Crippen LogP contribution in [0.15, 0.2) is 102 Å². The summed E-state index contributed by atoms with van der Waals surface area (Å²) in [5, 5.41) is 10.9. The van der Waals surface area contributed by atoms with Crippen LogP contribution < -0.4 is 10.6 Å². The Kier molecular flexibility index (Phi) is 10.3. The van der Waals surface area contributed by atoms with Crippen LogP contribution in [0.4, 0.5) is 9.70 Å². The smallest absolute Gasteiger partial charge is 0.174 e. The first-order valence-corrected chi connectivity index (χ1v) is 14.3. The predicted octanol–water partition coefficient (Wildman–Crippen LogP) is 8.49. The lowest BCUT2D eigenvalue weighted by Crippen LogP contribution is -2.08. The fourth-order valence-corrected chi connectivity index (χ4v) is 5.00. The second kappa shape index (κ2) is 14.1.